The lowest BCUT2D eigenvalue weighted by Gasteiger charge is -2.73. The molecule has 12 nitrogen and oxygen atoms in total. The molecule has 12 heteroatoms. The van der Waals surface area contributed by atoms with Gasteiger partial charge in [0.05, 0.1) is 19.8 Å². The largest absolute Gasteiger partial charge is 0.508 e. The number of ether oxygens (including phenoxy) is 2. The number of nitrogens with one attached hydrogen (secondary N) is 4. The summed E-state index contributed by atoms with van der Waals surface area (Å²) < 4.78 is 12.9. The molecule has 1 heterocycles. The Hall–Kier alpha value is -2.88. The summed E-state index contributed by atoms with van der Waals surface area (Å²) in [6.45, 7) is 43.4. The van der Waals surface area contributed by atoms with Crippen LogP contribution in [0.15, 0.2) is 72.8 Å². The summed E-state index contributed by atoms with van der Waals surface area (Å²) >= 11 is 0. The molecule has 10 aliphatic carbocycles. The molecule has 10 saturated carbocycles. The van der Waals surface area contributed by atoms with Crippen LogP contribution >= 0.6 is 0 Å². The molecule has 11 aliphatic rings. The molecule has 98 heavy (non-hydrogen) atoms. The topological polar surface area (TPSA) is 188 Å². The van der Waals surface area contributed by atoms with Crippen LogP contribution in [0.2, 0.25) is 0 Å². The molecule has 2 aromatic carbocycles. The molecule has 552 valence electrons. The first-order valence-corrected chi connectivity index (χ1v) is 40.0. The van der Waals surface area contributed by atoms with E-state index in [1.54, 1.807) is 24.3 Å². The van der Waals surface area contributed by atoms with Crippen LogP contribution in [0.4, 0.5) is 0 Å². The standard InChI is InChI=1S/C45H72N2O4.C40H64N2O3.CH4O/c1-31(29-46-25-19-32-10-12-33(49)13-11-32)34-16-22-45(30-51-39-9-7-8-28-50-39)24-23-43(5)35(40(34)45)14-15-37-42(4)20-18-38(47-26-27-48)41(2,3)36(42)17-21-44(37,43)6;1-27(25-41-22-16-28-7-9-29(45)10-8-28)30-13-19-40(26-44)21-20-38(5)31(35(30)40)11-12-33-37(4)17-15-34(42-23-24-43)36(2,3)32(37)14-18-39(33,38)6;1-2/h10-13,34-40,46-49H,1,7-9,14-30H2,2-6H3;7-10,30-35,41-45H,1,11-26H2,2-6H3;2H,1H3/t34-,35+,36-,37+,38?,39?,40+,42-,43+,44+,45+;30-,31+,32-,33+,34?,35+,37-,38+,39+,40+;/m00./s1. The van der Waals surface area contributed by atoms with Crippen LogP contribution in [-0.2, 0) is 22.3 Å². The number of aliphatic hydroxyl groups excluding tert-OH is 4. The highest BCUT2D eigenvalue weighted by atomic mass is 16.7. The van der Waals surface area contributed by atoms with Gasteiger partial charge in [0, 0.05) is 58.6 Å². The van der Waals surface area contributed by atoms with Gasteiger partial charge >= 0.3 is 0 Å². The summed E-state index contributed by atoms with van der Waals surface area (Å²) in [5.74, 6) is 7.09. The number of fused-ring (bicyclic) bond motifs is 14. The van der Waals surface area contributed by atoms with Gasteiger partial charge in [0.1, 0.15) is 11.5 Å². The molecular weight excluding hydrogens is 1220 g/mol. The van der Waals surface area contributed by atoms with E-state index in [2.05, 4.69) is 90.5 Å². The fraction of sp³-hybridized carbons (Fsp3) is 0.814. The highest BCUT2D eigenvalue weighted by Crippen LogP contribution is 2.80. The summed E-state index contributed by atoms with van der Waals surface area (Å²) in [5, 5.41) is 71.5. The SMILES string of the molecule is C=C(CNCCc1ccc(O)cc1)[C@@H]1CC[C@]2(CO)CC[C@]3(C)[C@H](CC[C@@H]4[C@@]5(C)CCC(NCCO)C(C)(C)[C@@H]5CC[C@]43C)[C@@H]12.C=C(CNCCc1ccc(O)cc1)[C@@H]1CC[C@]2(COC3CCCCO3)CC[C@]3(C)[C@H](CC[C@@H]4[C@@]5(C)CCC(NCCO)C(C)(C)[C@@H]5CC[C@]43C)[C@@H]12.CO. The number of aromatic hydroxyl groups is 2. The molecule has 0 radical (unpaired) electrons. The van der Waals surface area contributed by atoms with Crippen molar-refractivity contribution in [2.75, 3.05) is 79.4 Å². The molecule has 3 unspecified atom stereocenters. The predicted octanol–water partition coefficient (Wildman–Crippen LogP) is 15.4. The van der Waals surface area contributed by atoms with E-state index in [0.29, 0.717) is 123 Å². The van der Waals surface area contributed by atoms with Crippen molar-refractivity contribution in [3.63, 3.8) is 0 Å². The number of phenols is 2. The van der Waals surface area contributed by atoms with Gasteiger partial charge in [0.15, 0.2) is 6.29 Å². The molecule has 2 aromatic rings. The molecule has 1 aliphatic heterocycles. The van der Waals surface area contributed by atoms with Gasteiger partial charge in [0.25, 0.3) is 0 Å². The van der Waals surface area contributed by atoms with Crippen LogP contribution in [0.25, 0.3) is 0 Å². The second-order valence-corrected chi connectivity index (χ2v) is 37.4. The van der Waals surface area contributed by atoms with E-state index in [1.807, 2.05) is 24.3 Å². The van der Waals surface area contributed by atoms with Crippen molar-refractivity contribution in [1.29, 1.82) is 0 Å². The zero-order valence-electron chi connectivity index (χ0n) is 63.5. The third-order valence-corrected chi connectivity index (χ3v) is 33.1. The maximum Gasteiger partial charge on any atom is 0.157 e. The summed E-state index contributed by atoms with van der Waals surface area (Å²) in [6.07, 6.45) is 30.8. The highest BCUT2D eigenvalue weighted by molar-refractivity contribution is 5.29. The smallest absolute Gasteiger partial charge is 0.157 e. The Morgan fingerprint density at radius 2 is 0.908 bits per heavy atom. The Balaban J connectivity index is 0.000000195. The fourth-order valence-electron chi connectivity index (χ4n) is 27.8. The third kappa shape index (κ3) is 13.5. The number of phenolic OH excluding ortho intramolecular Hbond substituents is 2. The van der Waals surface area contributed by atoms with E-state index in [-0.39, 0.29) is 41.2 Å². The molecule has 1 saturated heterocycles. The first-order valence-electron chi connectivity index (χ1n) is 40.0. The second kappa shape index (κ2) is 30.3. The molecular formula is C86H140N4O8. The summed E-state index contributed by atoms with van der Waals surface area (Å²) in [6, 6.07) is 16.2. The Labute approximate surface area is 594 Å². The highest BCUT2D eigenvalue weighted by Gasteiger charge is 2.73. The normalized spacial score (nSPS) is 42.5. The van der Waals surface area contributed by atoms with Crippen molar-refractivity contribution in [3.05, 3.63) is 84.0 Å². The number of rotatable bonds is 22. The molecule has 13 rings (SSSR count). The summed E-state index contributed by atoms with van der Waals surface area (Å²) in [4.78, 5) is 0. The Morgan fingerprint density at radius 1 is 0.469 bits per heavy atom. The second-order valence-electron chi connectivity index (χ2n) is 37.4. The summed E-state index contributed by atoms with van der Waals surface area (Å²) in [7, 11) is 1.00. The predicted molar refractivity (Wildman–Crippen MR) is 398 cm³/mol. The molecule has 0 amide bonds. The third-order valence-electron chi connectivity index (χ3n) is 33.1. The lowest BCUT2D eigenvalue weighted by molar-refractivity contribution is -0.250. The monoisotopic (exact) mass is 1360 g/mol. The number of hydrogen-bond donors (Lipinski definition) is 10. The van der Waals surface area contributed by atoms with E-state index in [0.717, 1.165) is 90.4 Å². The minimum Gasteiger partial charge on any atom is -0.508 e. The van der Waals surface area contributed by atoms with Crippen molar-refractivity contribution < 1.29 is 40.1 Å². The Bertz CT molecular complexity index is 2970. The molecule has 0 bridgehead atoms. The minimum absolute atomic E-state index is 0.0280. The van der Waals surface area contributed by atoms with Crippen molar-refractivity contribution >= 4 is 0 Å². The van der Waals surface area contributed by atoms with Crippen molar-refractivity contribution in [2.45, 2.75) is 248 Å². The van der Waals surface area contributed by atoms with Crippen LogP contribution in [0.3, 0.4) is 0 Å². The average molecular weight is 1360 g/mol. The number of aliphatic hydroxyl groups is 4. The van der Waals surface area contributed by atoms with Gasteiger partial charge in [-0.2, -0.15) is 0 Å². The van der Waals surface area contributed by atoms with E-state index in [9.17, 15) is 25.5 Å². The van der Waals surface area contributed by atoms with Crippen LogP contribution < -0.4 is 21.3 Å². The van der Waals surface area contributed by atoms with E-state index in [1.165, 1.54) is 151 Å². The van der Waals surface area contributed by atoms with E-state index < -0.39 is 0 Å². The van der Waals surface area contributed by atoms with Gasteiger partial charge in [-0.25, -0.2) is 0 Å². The van der Waals surface area contributed by atoms with Gasteiger partial charge in [-0.15, -0.1) is 0 Å². The van der Waals surface area contributed by atoms with Crippen LogP contribution in [0.5, 0.6) is 11.5 Å². The number of benzene rings is 2. The van der Waals surface area contributed by atoms with Gasteiger partial charge in [-0.3, -0.25) is 0 Å². The lowest BCUT2D eigenvalue weighted by atomic mass is 9.32. The minimum atomic E-state index is -0.0280. The zero-order chi connectivity index (χ0) is 70.3. The van der Waals surface area contributed by atoms with E-state index in [4.69, 9.17) is 27.7 Å². The molecule has 10 N–H and O–H groups in total. The van der Waals surface area contributed by atoms with Gasteiger partial charge in [-0.1, -0.05) is 118 Å². The van der Waals surface area contributed by atoms with Gasteiger partial charge in [0.2, 0.25) is 0 Å². The maximum absolute atomic E-state index is 11.0. The lowest BCUT2D eigenvalue weighted by Crippen LogP contribution is -2.67. The van der Waals surface area contributed by atoms with Gasteiger partial charge in [-0.05, 0) is 322 Å². The number of hydrogen-bond acceptors (Lipinski definition) is 12. The van der Waals surface area contributed by atoms with Crippen LogP contribution in [-0.4, -0.2) is 128 Å². The first-order chi connectivity index (χ1) is 46.7. The molecule has 11 fully saturated rings. The molecule has 0 spiro atoms. The maximum atomic E-state index is 11.0. The van der Waals surface area contributed by atoms with Crippen molar-refractivity contribution in [1.82, 2.24) is 21.3 Å². The van der Waals surface area contributed by atoms with Gasteiger partial charge < -0.3 is 61.4 Å². The first kappa shape index (κ1) is 76.3. The van der Waals surface area contributed by atoms with E-state index >= 15 is 0 Å². The van der Waals surface area contributed by atoms with Crippen LogP contribution in [0, 0.1) is 113 Å². The molecule has 0 aromatic heterocycles. The van der Waals surface area contributed by atoms with Crippen LogP contribution in [0.1, 0.15) is 228 Å². The Kier molecular flexibility index (Phi) is 23.6. The quantitative estimate of drug-likeness (QED) is 0.0398. The zero-order valence-corrected chi connectivity index (χ0v) is 63.5. The Morgan fingerprint density at radius 3 is 1.34 bits per heavy atom. The fourth-order valence-corrected chi connectivity index (χ4v) is 27.8. The van der Waals surface area contributed by atoms with Crippen molar-refractivity contribution in [3.8, 4) is 11.5 Å². The summed E-state index contributed by atoms with van der Waals surface area (Å²) in [5.41, 5.74) is 7.94. The van der Waals surface area contributed by atoms with Crippen molar-refractivity contribution in [2.24, 2.45) is 113 Å². The average Bonchev–Trinajstić information content (AvgIpc) is 1.55. The molecule has 21 atom stereocenters.